The highest BCUT2D eigenvalue weighted by molar-refractivity contribution is 5.98. The molecule has 9 heteroatoms. The number of likely N-dealkylation sites (tertiary alicyclic amines) is 1. The number of piperidine rings is 1. The third-order valence-corrected chi connectivity index (χ3v) is 5.26. The number of rotatable bonds is 6. The molecule has 0 saturated carbocycles. The van der Waals surface area contributed by atoms with Gasteiger partial charge in [0.1, 0.15) is 11.6 Å². The Hall–Kier alpha value is -3.75. The third-order valence-electron chi connectivity index (χ3n) is 5.26. The van der Waals surface area contributed by atoms with Crippen LogP contribution in [0.25, 0.3) is 0 Å². The van der Waals surface area contributed by atoms with E-state index in [0.717, 1.165) is 18.5 Å². The molecule has 1 N–H and O–H groups in total. The Kier molecular flexibility index (Phi) is 6.44. The van der Waals surface area contributed by atoms with Crippen molar-refractivity contribution in [1.82, 2.24) is 20.0 Å². The van der Waals surface area contributed by atoms with Crippen LogP contribution in [0, 0.1) is 19.8 Å². The number of aromatic nitrogens is 3. The molecule has 32 heavy (non-hydrogen) atoms. The largest absolute Gasteiger partial charge is 0.485 e. The Balaban J connectivity index is 1.42. The van der Waals surface area contributed by atoms with Crippen molar-refractivity contribution in [2.45, 2.75) is 33.3 Å². The number of aryl methyl sites for hydroxylation is 2. The van der Waals surface area contributed by atoms with Crippen LogP contribution in [-0.4, -0.2) is 44.9 Å². The topological polar surface area (TPSA) is 110 Å². The standard InChI is InChI=1S/C23H25N5O4/c1-15-7-5-11-20(24-15)26-22(29)17-8-6-12-28(13-17)23(30)18-9-3-4-10-19(18)31-14-21-25-16(2)32-27-21/h3-5,7,9-11,17H,6,8,12-14H2,1-2H3,(H,24,26,29)/t17-/m1/s1. The van der Waals surface area contributed by atoms with Crippen LogP contribution in [0.5, 0.6) is 5.75 Å². The van der Waals surface area contributed by atoms with Crippen LogP contribution >= 0.6 is 0 Å². The van der Waals surface area contributed by atoms with E-state index >= 15 is 0 Å². The first kappa shape index (κ1) is 21.5. The number of carbonyl (C=O) groups excluding carboxylic acids is 2. The molecule has 0 radical (unpaired) electrons. The molecule has 0 bridgehead atoms. The van der Waals surface area contributed by atoms with Gasteiger partial charge in [-0.05, 0) is 44.0 Å². The van der Waals surface area contributed by atoms with Gasteiger partial charge in [-0.2, -0.15) is 4.98 Å². The van der Waals surface area contributed by atoms with Crippen molar-refractivity contribution in [3.05, 3.63) is 65.4 Å². The first-order chi connectivity index (χ1) is 15.5. The molecule has 0 unspecified atom stereocenters. The van der Waals surface area contributed by atoms with Crippen molar-refractivity contribution < 1.29 is 18.8 Å². The maximum atomic E-state index is 13.3. The van der Waals surface area contributed by atoms with Crippen molar-refractivity contribution in [2.75, 3.05) is 18.4 Å². The monoisotopic (exact) mass is 435 g/mol. The zero-order valence-electron chi connectivity index (χ0n) is 18.1. The summed E-state index contributed by atoms with van der Waals surface area (Å²) in [5, 5.41) is 6.68. The van der Waals surface area contributed by atoms with Gasteiger partial charge >= 0.3 is 0 Å². The summed E-state index contributed by atoms with van der Waals surface area (Å²) in [5.41, 5.74) is 1.27. The lowest BCUT2D eigenvalue weighted by Gasteiger charge is -2.32. The van der Waals surface area contributed by atoms with Gasteiger partial charge < -0.3 is 19.5 Å². The maximum absolute atomic E-state index is 13.3. The van der Waals surface area contributed by atoms with E-state index in [-0.39, 0.29) is 24.3 Å². The van der Waals surface area contributed by atoms with Gasteiger partial charge in [-0.1, -0.05) is 23.4 Å². The van der Waals surface area contributed by atoms with Gasteiger partial charge in [0.25, 0.3) is 5.91 Å². The molecule has 1 saturated heterocycles. The van der Waals surface area contributed by atoms with E-state index in [1.807, 2.05) is 19.1 Å². The number of nitrogens with one attached hydrogen (secondary N) is 1. The molecular formula is C23H25N5O4. The Morgan fingerprint density at radius 3 is 2.78 bits per heavy atom. The lowest BCUT2D eigenvalue weighted by atomic mass is 9.96. The average molecular weight is 435 g/mol. The maximum Gasteiger partial charge on any atom is 0.257 e. The van der Waals surface area contributed by atoms with Crippen LogP contribution in [0.15, 0.2) is 47.0 Å². The summed E-state index contributed by atoms with van der Waals surface area (Å²) in [6, 6.07) is 12.5. The normalized spacial score (nSPS) is 15.9. The summed E-state index contributed by atoms with van der Waals surface area (Å²) < 4.78 is 10.7. The molecule has 0 spiro atoms. The lowest BCUT2D eigenvalue weighted by Crippen LogP contribution is -2.44. The molecule has 166 valence electrons. The van der Waals surface area contributed by atoms with E-state index in [9.17, 15) is 9.59 Å². The number of ether oxygens (including phenoxy) is 1. The van der Waals surface area contributed by atoms with E-state index in [0.29, 0.717) is 41.9 Å². The Morgan fingerprint density at radius 2 is 2.00 bits per heavy atom. The van der Waals surface area contributed by atoms with E-state index < -0.39 is 0 Å². The second kappa shape index (κ2) is 9.59. The average Bonchev–Trinajstić information content (AvgIpc) is 3.22. The number of hydrogen-bond donors (Lipinski definition) is 1. The number of para-hydroxylation sites is 1. The highest BCUT2D eigenvalue weighted by atomic mass is 16.5. The van der Waals surface area contributed by atoms with Crippen LogP contribution < -0.4 is 10.1 Å². The van der Waals surface area contributed by atoms with Crippen molar-refractivity contribution in [1.29, 1.82) is 0 Å². The number of amides is 2. The summed E-state index contributed by atoms with van der Waals surface area (Å²) in [7, 11) is 0. The summed E-state index contributed by atoms with van der Waals surface area (Å²) >= 11 is 0. The van der Waals surface area contributed by atoms with Gasteiger partial charge in [0, 0.05) is 25.7 Å². The second-order valence-corrected chi connectivity index (χ2v) is 7.76. The summed E-state index contributed by atoms with van der Waals surface area (Å²) in [4.78, 5) is 36.2. The molecule has 0 aliphatic carbocycles. The second-order valence-electron chi connectivity index (χ2n) is 7.76. The highest BCUT2D eigenvalue weighted by Gasteiger charge is 2.30. The molecule has 1 aliphatic rings. The molecule has 2 amide bonds. The van der Waals surface area contributed by atoms with Gasteiger partial charge in [-0.3, -0.25) is 9.59 Å². The van der Waals surface area contributed by atoms with Crippen LogP contribution in [0.3, 0.4) is 0 Å². The number of benzene rings is 1. The summed E-state index contributed by atoms with van der Waals surface area (Å²) in [6.45, 7) is 4.59. The fourth-order valence-electron chi connectivity index (χ4n) is 3.70. The molecule has 1 aromatic carbocycles. The van der Waals surface area contributed by atoms with Gasteiger partial charge in [-0.25, -0.2) is 4.98 Å². The molecular weight excluding hydrogens is 410 g/mol. The third kappa shape index (κ3) is 5.11. The highest BCUT2D eigenvalue weighted by Crippen LogP contribution is 2.25. The zero-order valence-corrected chi connectivity index (χ0v) is 18.1. The number of hydrogen-bond acceptors (Lipinski definition) is 7. The number of nitrogens with zero attached hydrogens (tertiary/aromatic N) is 4. The van der Waals surface area contributed by atoms with Crippen LogP contribution in [0.1, 0.15) is 40.6 Å². The minimum Gasteiger partial charge on any atom is -0.485 e. The van der Waals surface area contributed by atoms with E-state index in [1.165, 1.54) is 0 Å². The number of pyridine rings is 1. The van der Waals surface area contributed by atoms with Gasteiger partial charge in [0.2, 0.25) is 17.6 Å². The van der Waals surface area contributed by atoms with Gasteiger partial charge in [-0.15, -0.1) is 0 Å². The smallest absolute Gasteiger partial charge is 0.257 e. The Bertz CT molecular complexity index is 1110. The van der Waals surface area contributed by atoms with Gasteiger partial charge in [0.15, 0.2) is 6.61 Å². The van der Waals surface area contributed by atoms with Crippen molar-refractivity contribution in [3.8, 4) is 5.75 Å². The minimum absolute atomic E-state index is 0.0934. The molecule has 3 aromatic rings. The molecule has 1 fully saturated rings. The predicted octanol–water partition coefficient (Wildman–Crippen LogP) is 3.15. The SMILES string of the molecule is Cc1cccc(NC(=O)[C@@H]2CCCN(C(=O)c3ccccc3OCc3noc(C)n3)C2)n1. The number of carbonyl (C=O) groups is 2. The van der Waals surface area contributed by atoms with E-state index in [2.05, 4.69) is 20.4 Å². The zero-order chi connectivity index (χ0) is 22.5. The van der Waals surface area contributed by atoms with Gasteiger partial charge in [0.05, 0.1) is 11.5 Å². The molecule has 1 atom stereocenters. The van der Waals surface area contributed by atoms with Crippen LogP contribution in [0.2, 0.25) is 0 Å². The first-order valence-electron chi connectivity index (χ1n) is 10.5. The number of anilines is 1. The first-order valence-corrected chi connectivity index (χ1v) is 10.5. The van der Waals surface area contributed by atoms with E-state index in [1.54, 1.807) is 42.2 Å². The van der Waals surface area contributed by atoms with Crippen LogP contribution in [-0.2, 0) is 11.4 Å². The Labute approximate surface area is 185 Å². The fraction of sp³-hybridized carbons (Fsp3) is 0.348. The summed E-state index contributed by atoms with van der Waals surface area (Å²) in [5.74, 6) is 1.22. The predicted molar refractivity (Wildman–Crippen MR) is 116 cm³/mol. The minimum atomic E-state index is -0.301. The fourth-order valence-corrected chi connectivity index (χ4v) is 3.70. The van der Waals surface area contributed by atoms with Crippen molar-refractivity contribution in [2.24, 2.45) is 5.92 Å². The van der Waals surface area contributed by atoms with E-state index in [4.69, 9.17) is 9.26 Å². The quantitative estimate of drug-likeness (QED) is 0.633. The molecule has 9 nitrogen and oxygen atoms in total. The molecule has 2 aromatic heterocycles. The van der Waals surface area contributed by atoms with Crippen LogP contribution in [0.4, 0.5) is 5.82 Å². The molecule has 1 aliphatic heterocycles. The Morgan fingerprint density at radius 1 is 1.16 bits per heavy atom. The summed E-state index contributed by atoms with van der Waals surface area (Å²) in [6.07, 6.45) is 1.47. The molecule has 4 rings (SSSR count). The van der Waals surface area contributed by atoms with Crippen molar-refractivity contribution >= 4 is 17.6 Å². The van der Waals surface area contributed by atoms with Crippen molar-refractivity contribution in [3.63, 3.8) is 0 Å². The lowest BCUT2D eigenvalue weighted by molar-refractivity contribution is -0.121. The molecule has 3 heterocycles.